The van der Waals surface area contributed by atoms with E-state index in [-0.39, 0.29) is 30.4 Å². The van der Waals surface area contributed by atoms with Crippen LogP contribution in [-0.4, -0.2) is 52.3 Å². The summed E-state index contributed by atoms with van der Waals surface area (Å²) >= 11 is 0. The Balaban J connectivity index is 2.07. The van der Waals surface area contributed by atoms with Crippen LogP contribution in [0.3, 0.4) is 0 Å². The molecule has 0 aromatic carbocycles. The molecule has 100 valence electrons. The predicted molar refractivity (Wildman–Crippen MR) is 62.9 cm³/mol. The largest absolute Gasteiger partial charge is 0.394 e. The minimum atomic E-state index is -0.343. The lowest BCUT2D eigenvalue weighted by Crippen LogP contribution is -2.37. The van der Waals surface area contributed by atoms with Gasteiger partial charge in [0.05, 0.1) is 18.7 Å². The van der Waals surface area contributed by atoms with Crippen molar-refractivity contribution in [3.63, 3.8) is 0 Å². The molecular weight excluding hydrogens is 236 g/mol. The molecule has 1 aliphatic heterocycles. The number of likely N-dealkylation sites (N-methyl/N-ethyl adjacent to an activating group) is 1. The van der Waals surface area contributed by atoms with Gasteiger partial charge < -0.3 is 19.8 Å². The Morgan fingerprint density at radius 3 is 3.11 bits per heavy atom. The molecule has 7 heteroatoms. The van der Waals surface area contributed by atoms with Crippen molar-refractivity contribution in [3.8, 4) is 0 Å². The number of hydrogen-bond donors (Lipinski definition) is 2. The van der Waals surface area contributed by atoms with Gasteiger partial charge >= 0.3 is 0 Å². The van der Waals surface area contributed by atoms with Gasteiger partial charge in [0.2, 0.25) is 5.89 Å². The zero-order chi connectivity index (χ0) is 13.1. The number of hydrogen-bond acceptors (Lipinski definition) is 6. The second-order valence-electron chi connectivity index (χ2n) is 4.55. The van der Waals surface area contributed by atoms with Gasteiger partial charge in [0.15, 0.2) is 0 Å². The molecule has 0 radical (unpaired) electrons. The number of amides is 1. The van der Waals surface area contributed by atoms with Gasteiger partial charge in [-0.05, 0) is 26.3 Å². The average molecular weight is 254 g/mol. The van der Waals surface area contributed by atoms with Gasteiger partial charge in [0, 0.05) is 7.05 Å². The number of nitrogens with one attached hydrogen (secondary N) is 1. The summed E-state index contributed by atoms with van der Waals surface area (Å²) in [4.78, 5) is 17.5. The number of aromatic nitrogens is 2. The molecule has 2 heterocycles. The maximum Gasteiger partial charge on any atom is 0.295 e. The van der Waals surface area contributed by atoms with E-state index in [1.807, 2.05) is 0 Å². The van der Waals surface area contributed by atoms with Gasteiger partial charge in [-0.1, -0.05) is 5.16 Å². The zero-order valence-corrected chi connectivity index (χ0v) is 10.6. The molecule has 1 aromatic heterocycles. The highest BCUT2D eigenvalue weighted by Crippen LogP contribution is 2.21. The summed E-state index contributed by atoms with van der Waals surface area (Å²) in [6.45, 7) is 2.58. The van der Waals surface area contributed by atoms with E-state index in [2.05, 4.69) is 15.5 Å². The quantitative estimate of drug-likeness (QED) is 0.782. The maximum absolute atomic E-state index is 12.0. The smallest absolute Gasteiger partial charge is 0.295 e. The fourth-order valence-electron chi connectivity index (χ4n) is 1.84. The minimum absolute atomic E-state index is 0.0431. The van der Waals surface area contributed by atoms with Crippen molar-refractivity contribution in [1.82, 2.24) is 20.4 Å². The molecule has 0 bridgehead atoms. The lowest BCUT2D eigenvalue weighted by atomic mass is 10.2. The third-order valence-corrected chi connectivity index (χ3v) is 3.24. The molecule has 2 N–H and O–H groups in total. The highest BCUT2D eigenvalue weighted by Gasteiger charge is 2.26. The number of aliphatic hydroxyl groups excluding tert-OH is 1. The van der Waals surface area contributed by atoms with Crippen LogP contribution in [0.15, 0.2) is 4.52 Å². The molecule has 1 fully saturated rings. The van der Waals surface area contributed by atoms with Gasteiger partial charge in [-0.2, -0.15) is 4.98 Å². The number of nitrogens with zero attached hydrogens (tertiary/aromatic N) is 3. The van der Waals surface area contributed by atoms with Crippen molar-refractivity contribution in [3.05, 3.63) is 11.7 Å². The van der Waals surface area contributed by atoms with Crippen LogP contribution in [0, 0.1) is 0 Å². The summed E-state index contributed by atoms with van der Waals surface area (Å²) in [6.07, 6.45) is 2.01. The SMILES string of the molecule is CC(CO)N(C)C(=O)c1noc(C2CCCN2)n1. The summed E-state index contributed by atoms with van der Waals surface area (Å²) in [5, 5.41) is 15.9. The van der Waals surface area contributed by atoms with Crippen molar-refractivity contribution >= 4 is 5.91 Å². The highest BCUT2D eigenvalue weighted by atomic mass is 16.5. The third-order valence-electron chi connectivity index (χ3n) is 3.24. The molecular formula is C11H18N4O3. The third kappa shape index (κ3) is 2.51. The van der Waals surface area contributed by atoms with Gasteiger partial charge in [-0.25, -0.2) is 0 Å². The van der Waals surface area contributed by atoms with Gasteiger partial charge in [0.25, 0.3) is 11.7 Å². The first kappa shape index (κ1) is 13.0. The molecule has 1 aliphatic rings. The Morgan fingerprint density at radius 1 is 1.72 bits per heavy atom. The van der Waals surface area contributed by atoms with Gasteiger partial charge in [-0.3, -0.25) is 4.79 Å². The number of aliphatic hydroxyl groups is 1. The number of carbonyl (C=O) groups is 1. The first-order chi connectivity index (χ1) is 8.63. The Kier molecular flexibility index (Phi) is 3.93. The van der Waals surface area contributed by atoms with Crippen LogP contribution in [0.1, 0.15) is 42.3 Å². The van der Waals surface area contributed by atoms with Gasteiger partial charge in [-0.15, -0.1) is 0 Å². The van der Waals surface area contributed by atoms with E-state index < -0.39 is 0 Å². The summed E-state index contributed by atoms with van der Waals surface area (Å²) in [5.74, 6) is 0.159. The second kappa shape index (κ2) is 5.45. The Bertz CT molecular complexity index is 414. The summed E-state index contributed by atoms with van der Waals surface area (Å²) < 4.78 is 5.10. The van der Waals surface area contributed by atoms with E-state index in [0.29, 0.717) is 5.89 Å². The molecule has 1 saturated heterocycles. The Hall–Kier alpha value is -1.47. The molecule has 18 heavy (non-hydrogen) atoms. The first-order valence-corrected chi connectivity index (χ1v) is 6.08. The van der Waals surface area contributed by atoms with E-state index in [0.717, 1.165) is 19.4 Å². The van der Waals surface area contributed by atoms with Crippen molar-refractivity contribution in [1.29, 1.82) is 0 Å². The second-order valence-corrected chi connectivity index (χ2v) is 4.55. The number of carbonyl (C=O) groups excluding carboxylic acids is 1. The van der Waals surface area contributed by atoms with Crippen molar-refractivity contribution in [2.45, 2.75) is 31.8 Å². The van der Waals surface area contributed by atoms with Crippen molar-refractivity contribution in [2.24, 2.45) is 0 Å². The van der Waals surface area contributed by atoms with E-state index in [9.17, 15) is 4.79 Å². The fraction of sp³-hybridized carbons (Fsp3) is 0.727. The monoisotopic (exact) mass is 254 g/mol. The average Bonchev–Trinajstić information content (AvgIpc) is 3.05. The van der Waals surface area contributed by atoms with E-state index >= 15 is 0 Å². The summed E-state index contributed by atoms with van der Waals surface area (Å²) in [5.41, 5.74) is 0. The fourth-order valence-corrected chi connectivity index (χ4v) is 1.84. The lowest BCUT2D eigenvalue weighted by Gasteiger charge is -2.21. The molecule has 0 saturated carbocycles. The van der Waals surface area contributed by atoms with Crippen LogP contribution in [0.25, 0.3) is 0 Å². The molecule has 1 amide bonds. The predicted octanol–water partition coefficient (Wildman–Crippen LogP) is -0.0531. The van der Waals surface area contributed by atoms with Crippen molar-refractivity contribution < 1.29 is 14.4 Å². The standard InChI is InChI=1S/C11H18N4O3/c1-7(6-16)15(2)11(17)9-13-10(18-14-9)8-4-3-5-12-8/h7-8,12,16H,3-6H2,1-2H3. The molecule has 2 unspecified atom stereocenters. The molecule has 1 aromatic rings. The number of rotatable bonds is 4. The lowest BCUT2D eigenvalue weighted by molar-refractivity contribution is 0.0667. The van der Waals surface area contributed by atoms with Gasteiger partial charge in [0.1, 0.15) is 0 Å². The van der Waals surface area contributed by atoms with Crippen LogP contribution >= 0.6 is 0 Å². The van der Waals surface area contributed by atoms with Crippen LogP contribution in [-0.2, 0) is 0 Å². The van der Waals surface area contributed by atoms with Crippen molar-refractivity contribution in [2.75, 3.05) is 20.2 Å². The first-order valence-electron chi connectivity index (χ1n) is 6.08. The van der Waals surface area contributed by atoms with Crippen LogP contribution in [0.2, 0.25) is 0 Å². The molecule has 2 rings (SSSR count). The van der Waals surface area contributed by atoms with E-state index in [1.165, 1.54) is 4.90 Å². The highest BCUT2D eigenvalue weighted by molar-refractivity contribution is 5.90. The van der Waals surface area contributed by atoms with E-state index in [1.54, 1.807) is 14.0 Å². The van der Waals surface area contributed by atoms with E-state index in [4.69, 9.17) is 9.63 Å². The topological polar surface area (TPSA) is 91.5 Å². The maximum atomic E-state index is 12.0. The van der Waals surface area contributed by atoms with Crippen LogP contribution in [0.4, 0.5) is 0 Å². The minimum Gasteiger partial charge on any atom is -0.394 e. The summed E-state index contributed by atoms with van der Waals surface area (Å²) in [6, 6.07) is -0.219. The molecule has 0 aliphatic carbocycles. The molecule has 2 atom stereocenters. The zero-order valence-electron chi connectivity index (χ0n) is 10.6. The van der Waals surface area contributed by atoms with Crippen LogP contribution in [0.5, 0.6) is 0 Å². The Labute approximate surface area is 105 Å². The summed E-state index contributed by atoms with van der Waals surface area (Å²) in [7, 11) is 1.60. The van der Waals surface area contributed by atoms with Crippen LogP contribution < -0.4 is 5.32 Å². The molecule has 7 nitrogen and oxygen atoms in total. The normalized spacial score (nSPS) is 20.9. The Morgan fingerprint density at radius 2 is 2.50 bits per heavy atom. The molecule has 0 spiro atoms.